The highest BCUT2D eigenvalue weighted by molar-refractivity contribution is 6.35. The number of anilines is 1. The maximum absolute atomic E-state index is 12.3. The van der Waals surface area contributed by atoms with Gasteiger partial charge < -0.3 is 20.3 Å². The standard InChI is InChI=1S/C24H33N5O3/c1-18(2)15-26-23(30)24(31)27-17-21(19-7-6-10-25-16-19)29-13-11-28(12-14-29)20-8-4-5-9-22(20)32-3/h4-10,16,18,21H,11-15,17H2,1-3H3,(H,26,30)(H,27,31)/t21-/m1/s1. The van der Waals surface area contributed by atoms with Crippen LogP contribution in [-0.2, 0) is 9.59 Å². The quantitative estimate of drug-likeness (QED) is 0.611. The second-order valence-corrected chi connectivity index (χ2v) is 8.31. The first kappa shape index (κ1) is 23.5. The number of nitrogens with one attached hydrogen (secondary N) is 2. The summed E-state index contributed by atoms with van der Waals surface area (Å²) in [5, 5.41) is 5.47. The lowest BCUT2D eigenvalue weighted by atomic mass is 10.1. The van der Waals surface area contributed by atoms with E-state index >= 15 is 0 Å². The van der Waals surface area contributed by atoms with Gasteiger partial charge in [0.2, 0.25) is 0 Å². The van der Waals surface area contributed by atoms with E-state index in [0.717, 1.165) is 43.2 Å². The van der Waals surface area contributed by atoms with E-state index < -0.39 is 11.8 Å². The molecule has 1 saturated heterocycles. The van der Waals surface area contributed by atoms with Crippen molar-refractivity contribution >= 4 is 17.5 Å². The smallest absolute Gasteiger partial charge is 0.309 e. The fourth-order valence-electron chi connectivity index (χ4n) is 3.84. The fourth-order valence-corrected chi connectivity index (χ4v) is 3.84. The Morgan fingerprint density at radius 2 is 1.69 bits per heavy atom. The van der Waals surface area contributed by atoms with Gasteiger partial charge in [-0.2, -0.15) is 0 Å². The van der Waals surface area contributed by atoms with Gasteiger partial charge in [-0.1, -0.05) is 32.0 Å². The Kier molecular flexibility index (Phi) is 8.44. The molecular weight excluding hydrogens is 406 g/mol. The third kappa shape index (κ3) is 6.20. The number of aromatic nitrogens is 1. The van der Waals surface area contributed by atoms with E-state index in [1.54, 1.807) is 13.3 Å². The molecule has 32 heavy (non-hydrogen) atoms. The fraction of sp³-hybridized carbons (Fsp3) is 0.458. The van der Waals surface area contributed by atoms with E-state index in [0.29, 0.717) is 13.1 Å². The second kappa shape index (κ2) is 11.5. The van der Waals surface area contributed by atoms with Crippen LogP contribution in [0.5, 0.6) is 5.75 Å². The molecule has 1 aromatic heterocycles. The summed E-state index contributed by atoms with van der Waals surface area (Å²) < 4.78 is 5.52. The Morgan fingerprint density at radius 3 is 2.31 bits per heavy atom. The predicted octanol–water partition coefficient (Wildman–Crippen LogP) is 1.84. The minimum atomic E-state index is -0.604. The summed E-state index contributed by atoms with van der Waals surface area (Å²) in [6.07, 6.45) is 3.56. The number of benzene rings is 1. The molecule has 1 aliphatic heterocycles. The minimum Gasteiger partial charge on any atom is -0.495 e. The van der Waals surface area contributed by atoms with E-state index in [1.165, 1.54) is 0 Å². The first-order chi connectivity index (χ1) is 15.5. The van der Waals surface area contributed by atoms with Crippen molar-refractivity contribution in [2.24, 2.45) is 5.92 Å². The number of nitrogens with zero attached hydrogens (tertiary/aromatic N) is 3. The zero-order chi connectivity index (χ0) is 22.9. The van der Waals surface area contributed by atoms with Crippen LogP contribution < -0.4 is 20.3 Å². The summed E-state index contributed by atoms with van der Waals surface area (Å²) >= 11 is 0. The van der Waals surface area contributed by atoms with E-state index in [-0.39, 0.29) is 12.0 Å². The highest BCUT2D eigenvalue weighted by atomic mass is 16.5. The van der Waals surface area contributed by atoms with Gasteiger partial charge in [-0.15, -0.1) is 0 Å². The number of piperazine rings is 1. The number of para-hydroxylation sites is 2. The first-order valence-electron chi connectivity index (χ1n) is 11.1. The molecule has 0 radical (unpaired) electrons. The van der Waals surface area contributed by atoms with Crippen molar-refractivity contribution in [1.29, 1.82) is 0 Å². The van der Waals surface area contributed by atoms with Crippen molar-refractivity contribution in [1.82, 2.24) is 20.5 Å². The molecule has 8 heteroatoms. The molecule has 1 atom stereocenters. The normalized spacial score (nSPS) is 15.3. The molecule has 0 bridgehead atoms. The number of methoxy groups -OCH3 is 1. The summed E-state index contributed by atoms with van der Waals surface area (Å²) in [6.45, 7) is 8.08. The number of pyridine rings is 1. The highest BCUT2D eigenvalue weighted by Crippen LogP contribution is 2.30. The summed E-state index contributed by atoms with van der Waals surface area (Å²) in [7, 11) is 1.69. The average molecular weight is 440 g/mol. The monoisotopic (exact) mass is 439 g/mol. The summed E-state index contributed by atoms with van der Waals surface area (Å²) in [4.78, 5) is 33.3. The molecule has 2 amide bonds. The van der Waals surface area contributed by atoms with Crippen molar-refractivity contribution in [2.45, 2.75) is 19.9 Å². The SMILES string of the molecule is COc1ccccc1N1CCN([C@H](CNC(=O)C(=O)NCC(C)C)c2cccnc2)CC1. The summed E-state index contributed by atoms with van der Waals surface area (Å²) in [6, 6.07) is 11.9. The molecule has 1 aliphatic rings. The minimum absolute atomic E-state index is 0.0645. The molecule has 2 aromatic rings. The molecule has 1 aromatic carbocycles. The van der Waals surface area contributed by atoms with Crippen molar-refractivity contribution in [2.75, 3.05) is 51.3 Å². The third-order valence-electron chi connectivity index (χ3n) is 5.58. The van der Waals surface area contributed by atoms with Gasteiger partial charge in [0, 0.05) is 51.7 Å². The number of carbonyl (C=O) groups is 2. The molecule has 172 valence electrons. The second-order valence-electron chi connectivity index (χ2n) is 8.31. The number of hydrogen-bond acceptors (Lipinski definition) is 6. The van der Waals surface area contributed by atoms with Gasteiger partial charge in [-0.25, -0.2) is 0 Å². The molecule has 3 rings (SSSR count). The number of ether oxygens (including phenoxy) is 1. The van der Waals surface area contributed by atoms with E-state index in [4.69, 9.17) is 4.74 Å². The van der Waals surface area contributed by atoms with Gasteiger partial charge in [0.25, 0.3) is 0 Å². The Hall–Kier alpha value is -3.13. The number of rotatable bonds is 8. The van der Waals surface area contributed by atoms with Crippen LogP contribution in [0.1, 0.15) is 25.5 Å². The van der Waals surface area contributed by atoms with Gasteiger partial charge in [0.05, 0.1) is 18.8 Å². The zero-order valence-corrected chi connectivity index (χ0v) is 19.1. The van der Waals surface area contributed by atoms with Crippen LogP contribution in [0.25, 0.3) is 0 Å². The predicted molar refractivity (Wildman–Crippen MR) is 125 cm³/mol. The van der Waals surface area contributed by atoms with Gasteiger partial charge in [-0.05, 0) is 29.7 Å². The third-order valence-corrected chi connectivity index (χ3v) is 5.58. The molecular formula is C24H33N5O3. The molecule has 0 unspecified atom stereocenters. The lowest BCUT2D eigenvalue weighted by molar-refractivity contribution is -0.139. The lowest BCUT2D eigenvalue weighted by Gasteiger charge is -2.40. The van der Waals surface area contributed by atoms with Crippen molar-refractivity contribution < 1.29 is 14.3 Å². The molecule has 0 spiro atoms. The van der Waals surface area contributed by atoms with E-state index in [1.807, 2.05) is 50.4 Å². The van der Waals surface area contributed by atoms with Gasteiger partial charge in [0.15, 0.2) is 0 Å². The van der Waals surface area contributed by atoms with Crippen LogP contribution in [0.15, 0.2) is 48.8 Å². The first-order valence-corrected chi connectivity index (χ1v) is 11.1. The van der Waals surface area contributed by atoms with Crippen LogP contribution in [0.3, 0.4) is 0 Å². The molecule has 1 fully saturated rings. The largest absolute Gasteiger partial charge is 0.495 e. The van der Waals surface area contributed by atoms with Crippen molar-refractivity contribution in [3.05, 3.63) is 54.4 Å². The van der Waals surface area contributed by atoms with Crippen LogP contribution in [0.2, 0.25) is 0 Å². The maximum Gasteiger partial charge on any atom is 0.309 e. The zero-order valence-electron chi connectivity index (χ0n) is 19.1. The van der Waals surface area contributed by atoms with E-state index in [2.05, 4.69) is 31.5 Å². The molecule has 0 aliphatic carbocycles. The molecule has 8 nitrogen and oxygen atoms in total. The average Bonchev–Trinajstić information content (AvgIpc) is 2.83. The molecule has 2 N–H and O–H groups in total. The van der Waals surface area contributed by atoms with Gasteiger partial charge in [-0.3, -0.25) is 19.5 Å². The lowest BCUT2D eigenvalue weighted by Crippen LogP contribution is -2.51. The van der Waals surface area contributed by atoms with Crippen molar-refractivity contribution in [3.63, 3.8) is 0 Å². The van der Waals surface area contributed by atoms with Crippen LogP contribution in [0.4, 0.5) is 5.69 Å². The summed E-state index contributed by atoms with van der Waals surface area (Å²) in [5.74, 6) is -0.0457. The number of carbonyl (C=O) groups excluding carboxylic acids is 2. The number of hydrogen-bond donors (Lipinski definition) is 2. The molecule has 0 saturated carbocycles. The highest BCUT2D eigenvalue weighted by Gasteiger charge is 2.27. The topological polar surface area (TPSA) is 86.8 Å². The summed E-state index contributed by atoms with van der Waals surface area (Å²) in [5.41, 5.74) is 2.10. The molecule has 2 heterocycles. The number of amides is 2. The van der Waals surface area contributed by atoms with Gasteiger partial charge in [0.1, 0.15) is 5.75 Å². The van der Waals surface area contributed by atoms with Crippen molar-refractivity contribution in [3.8, 4) is 5.75 Å². The van der Waals surface area contributed by atoms with Crippen LogP contribution >= 0.6 is 0 Å². The Labute approximate surface area is 190 Å². The van der Waals surface area contributed by atoms with E-state index in [9.17, 15) is 9.59 Å². The van der Waals surface area contributed by atoms with Gasteiger partial charge >= 0.3 is 11.8 Å². The Balaban J connectivity index is 1.64. The maximum atomic E-state index is 12.3. The Bertz CT molecular complexity index is 882. The van der Waals surface area contributed by atoms with Crippen LogP contribution in [-0.4, -0.2) is 68.1 Å². The Morgan fingerprint density at radius 1 is 1.00 bits per heavy atom. The van der Waals surface area contributed by atoms with Crippen LogP contribution in [0, 0.1) is 5.92 Å².